The molecule has 0 unspecified atom stereocenters. The second-order valence-corrected chi connectivity index (χ2v) is 11.0. The molecular formula is C28H30N8O2S. The number of fused-ring (bicyclic) bond motifs is 1. The van der Waals surface area contributed by atoms with Crippen LogP contribution in [0.3, 0.4) is 0 Å². The molecule has 39 heavy (non-hydrogen) atoms. The van der Waals surface area contributed by atoms with E-state index >= 15 is 0 Å². The number of aliphatic hydroxyl groups is 1. The van der Waals surface area contributed by atoms with Crippen LogP contribution < -0.4 is 10.6 Å². The van der Waals surface area contributed by atoms with E-state index < -0.39 is 0 Å². The topological polar surface area (TPSA) is 132 Å². The van der Waals surface area contributed by atoms with Gasteiger partial charge in [0.2, 0.25) is 5.95 Å². The van der Waals surface area contributed by atoms with Crippen LogP contribution in [-0.2, 0) is 11.3 Å². The Kier molecular flexibility index (Phi) is 7.60. The number of nitrogens with one attached hydrogen (secondary N) is 2. The van der Waals surface area contributed by atoms with Gasteiger partial charge in [0.1, 0.15) is 11.9 Å². The minimum atomic E-state index is -0.208. The van der Waals surface area contributed by atoms with Gasteiger partial charge >= 0.3 is 0 Å². The van der Waals surface area contributed by atoms with Crippen molar-refractivity contribution in [1.29, 1.82) is 5.26 Å². The summed E-state index contributed by atoms with van der Waals surface area (Å²) in [5.41, 5.74) is 4.23. The zero-order chi connectivity index (χ0) is 26.6. The highest BCUT2D eigenvalue weighted by atomic mass is 32.1. The number of pyridine rings is 1. The van der Waals surface area contributed by atoms with Gasteiger partial charge in [-0.1, -0.05) is 17.4 Å². The fourth-order valence-corrected chi connectivity index (χ4v) is 5.94. The molecule has 2 fully saturated rings. The molecule has 200 valence electrons. The highest BCUT2D eigenvalue weighted by Crippen LogP contribution is 2.32. The van der Waals surface area contributed by atoms with E-state index in [0.717, 1.165) is 90.7 Å². The molecule has 11 heteroatoms. The van der Waals surface area contributed by atoms with Crippen molar-refractivity contribution in [3.63, 3.8) is 0 Å². The Morgan fingerprint density at radius 1 is 1.03 bits per heavy atom. The Balaban J connectivity index is 1.25. The normalized spacial score (nSPS) is 20.0. The van der Waals surface area contributed by atoms with E-state index in [-0.39, 0.29) is 12.1 Å². The summed E-state index contributed by atoms with van der Waals surface area (Å²) < 4.78 is 6.53. The van der Waals surface area contributed by atoms with Crippen LogP contribution in [0.5, 0.6) is 0 Å². The number of ether oxygens (including phenoxy) is 1. The molecule has 4 heterocycles. The summed E-state index contributed by atoms with van der Waals surface area (Å²) in [6.07, 6.45) is 6.50. The van der Waals surface area contributed by atoms with E-state index in [4.69, 9.17) is 19.7 Å². The quantitative estimate of drug-likeness (QED) is 0.310. The predicted octanol–water partition coefficient (Wildman–Crippen LogP) is 4.31. The largest absolute Gasteiger partial charge is 0.393 e. The molecule has 3 aromatic heterocycles. The number of anilines is 3. The molecule has 10 nitrogen and oxygen atoms in total. The van der Waals surface area contributed by atoms with Crippen LogP contribution in [0.1, 0.15) is 36.9 Å². The average molecular weight is 543 g/mol. The fourth-order valence-electron chi connectivity index (χ4n) is 5.02. The van der Waals surface area contributed by atoms with Crippen LogP contribution >= 0.6 is 11.3 Å². The minimum absolute atomic E-state index is 0.208. The van der Waals surface area contributed by atoms with Gasteiger partial charge in [-0.2, -0.15) is 10.2 Å². The zero-order valence-electron chi connectivity index (χ0n) is 21.5. The molecule has 1 aromatic carbocycles. The van der Waals surface area contributed by atoms with Gasteiger partial charge in [-0.3, -0.25) is 9.88 Å². The van der Waals surface area contributed by atoms with Gasteiger partial charge in [0.15, 0.2) is 5.13 Å². The Hall–Kier alpha value is -3.69. The average Bonchev–Trinajstić information content (AvgIpc) is 3.36. The summed E-state index contributed by atoms with van der Waals surface area (Å²) >= 11 is 1.55. The van der Waals surface area contributed by atoms with Gasteiger partial charge in [-0.15, -0.1) is 0 Å². The van der Waals surface area contributed by atoms with Crippen molar-refractivity contribution in [2.75, 3.05) is 36.9 Å². The first-order chi connectivity index (χ1) is 19.1. The first-order valence-electron chi connectivity index (χ1n) is 13.3. The number of benzene rings is 1. The molecule has 1 aliphatic heterocycles. The van der Waals surface area contributed by atoms with Crippen LogP contribution in [-0.4, -0.2) is 68.4 Å². The predicted molar refractivity (Wildman–Crippen MR) is 151 cm³/mol. The Bertz CT molecular complexity index is 1490. The highest BCUT2D eigenvalue weighted by molar-refractivity contribution is 7.22. The lowest BCUT2D eigenvalue weighted by molar-refractivity contribution is 0.0336. The number of hydrogen-bond acceptors (Lipinski definition) is 11. The van der Waals surface area contributed by atoms with E-state index in [9.17, 15) is 10.4 Å². The second kappa shape index (κ2) is 11.6. The van der Waals surface area contributed by atoms with Crippen LogP contribution in [0.2, 0.25) is 0 Å². The summed E-state index contributed by atoms with van der Waals surface area (Å²) in [6.45, 7) is 3.94. The summed E-state index contributed by atoms with van der Waals surface area (Å²) in [5.74, 6) is 1.29. The van der Waals surface area contributed by atoms with Gasteiger partial charge in [0.25, 0.3) is 0 Å². The minimum Gasteiger partial charge on any atom is -0.393 e. The lowest BCUT2D eigenvalue weighted by atomic mass is 9.93. The third kappa shape index (κ3) is 6.32. The smallest absolute Gasteiger partial charge is 0.225 e. The SMILES string of the molecule is N#Cc1cncc(-c2ccc3nc(Nc4cc(CN5CCOCC5)nc(NC5CCC(O)CC5)n4)sc3c2)c1. The van der Waals surface area contributed by atoms with Crippen LogP contribution in [0.25, 0.3) is 21.3 Å². The number of hydrogen-bond donors (Lipinski definition) is 3. The van der Waals surface area contributed by atoms with Crippen molar-refractivity contribution < 1.29 is 9.84 Å². The summed E-state index contributed by atoms with van der Waals surface area (Å²) in [7, 11) is 0. The number of rotatable bonds is 7. The van der Waals surface area contributed by atoms with Crippen molar-refractivity contribution in [2.24, 2.45) is 0 Å². The molecule has 1 saturated heterocycles. The van der Waals surface area contributed by atoms with Crippen molar-refractivity contribution in [1.82, 2.24) is 24.8 Å². The molecule has 0 bridgehead atoms. The van der Waals surface area contributed by atoms with E-state index in [1.54, 1.807) is 23.7 Å². The van der Waals surface area contributed by atoms with Crippen molar-refractivity contribution in [2.45, 2.75) is 44.4 Å². The van der Waals surface area contributed by atoms with Gasteiger partial charge in [0.05, 0.1) is 40.8 Å². The molecule has 0 atom stereocenters. The number of nitriles is 1. The zero-order valence-corrected chi connectivity index (χ0v) is 22.3. The van der Waals surface area contributed by atoms with E-state index in [1.165, 1.54) is 0 Å². The van der Waals surface area contributed by atoms with Crippen molar-refractivity contribution in [3.8, 4) is 17.2 Å². The molecule has 0 spiro atoms. The molecular weight excluding hydrogens is 512 g/mol. The molecule has 4 aromatic rings. The van der Waals surface area contributed by atoms with Crippen molar-refractivity contribution >= 4 is 38.5 Å². The van der Waals surface area contributed by atoms with Crippen LogP contribution in [0.15, 0.2) is 42.7 Å². The summed E-state index contributed by atoms with van der Waals surface area (Å²) in [6, 6.07) is 12.3. The number of aliphatic hydroxyl groups excluding tert-OH is 1. The lowest BCUT2D eigenvalue weighted by Crippen LogP contribution is -2.36. The maximum absolute atomic E-state index is 9.89. The van der Waals surface area contributed by atoms with Crippen LogP contribution in [0, 0.1) is 11.3 Å². The Labute approximate surface area is 230 Å². The van der Waals surface area contributed by atoms with Gasteiger partial charge in [0, 0.05) is 49.7 Å². The first kappa shape index (κ1) is 25.6. The van der Waals surface area contributed by atoms with E-state index in [2.05, 4.69) is 32.7 Å². The maximum atomic E-state index is 9.89. The molecule has 6 rings (SSSR count). The Morgan fingerprint density at radius 2 is 1.87 bits per heavy atom. The number of thiazole rings is 1. The second-order valence-electron chi connectivity index (χ2n) is 10.0. The number of morpholine rings is 1. The fraction of sp³-hybridized carbons (Fsp3) is 0.393. The van der Waals surface area contributed by atoms with Gasteiger partial charge in [-0.05, 0) is 49.4 Å². The number of nitrogens with zero attached hydrogens (tertiary/aromatic N) is 6. The molecule has 0 radical (unpaired) electrons. The van der Waals surface area contributed by atoms with E-state index in [0.29, 0.717) is 17.3 Å². The molecule has 1 saturated carbocycles. The molecule has 1 aliphatic carbocycles. The summed E-state index contributed by atoms with van der Waals surface area (Å²) in [4.78, 5) is 20.9. The van der Waals surface area contributed by atoms with Crippen LogP contribution in [0.4, 0.5) is 16.9 Å². The monoisotopic (exact) mass is 542 g/mol. The lowest BCUT2D eigenvalue weighted by Gasteiger charge is -2.27. The maximum Gasteiger partial charge on any atom is 0.225 e. The van der Waals surface area contributed by atoms with E-state index in [1.807, 2.05) is 24.3 Å². The number of aromatic nitrogens is 4. The summed E-state index contributed by atoms with van der Waals surface area (Å²) in [5, 5.41) is 26.8. The molecule has 0 amide bonds. The molecule has 3 N–H and O–H groups in total. The van der Waals surface area contributed by atoms with Gasteiger partial charge in [-0.25, -0.2) is 9.97 Å². The highest BCUT2D eigenvalue weighted by Gasteiger charge is 2.21. The first-order valence-corrected chi connectivity index (χ1v) is 14.1. The Morgan fingerprint density at radius 3 is 2.69 bits per heavy atom. The van der Waals surface area contributed by atoms with Gasteiger partial charge < -0.3 is 20.5 Å². The van der Waals surface area contributed by atoms with Crippen molar-refractivity contribution in [3.05, 3.63) is 54.0 Å². The molecule has 2 aliphatic rings. The standard InChI is InChI=1S/C28H30N8O2S/c29-14-18-11-20(16-30-15-18)19-1-6-24-25(12-19)39-28(33-24)35-26-13-22(17-36-7-9-38-10-8-36)32-27(34-26)31-21-2-4-23(37)5-3-21/h1,6,11-13,15-16,21,23,37H,2-5,7-10,17H2,(H2,31,32,33,34,35). The third-order valence-corrected chi connectivity index (χ3v) is 8.06. The third-order valence-electron chi connectivity index (χ3n) is 7.12.